The second kappa shape index (κ2) is 9.47. The summed E-state index contributed by atoms with van der Waals surface area (Å²) in [5, 5.41) is 8.98. The number of aliphatic imine (C=N–C) groups is 1. The van der Waals surface area contributed by atoms with Crippen molar-refractivity contribution < 1.29 is 0 Å². The van der Waals surface area contributed by atoms with E-state index in [0.29, 0.717) is 12.1 Å². The van der Waals surface area contributed by atoms with Crippen molar-refractivity contribution in [2.45, 2.75) is 52.1 Å². The van der Waals surface area contributed by atoms with Gasteiger partial charge >= 0.3 is 0 Å². The summed E-state index contributed by atoms with van der Waals surface area (Å²) in [7, 11) is 0. The van der Waals surface area contributed by atoms with E-state index in [9.17, 15) is 0 Å². The largest absolute Gasteiger partial charge is 0.361 e. The monoisotopic (exact) mass is 389 g/mol. The van der Waals surface area contributed by atoms with Gasteiger partial charge in [0.25, 0.3) is 0 Å². The number of piperidine rings is 1. The zero-order chi connectivity index (χ0) is 19.2. The number of aromatic nitrogens is 1. The number of fused-ring (bicyclic) bond motifs is 1. The molecule has 0 spiro atoms. The summed E-state index contributed by atoms with van der Waals surface area (Å²) in [4.78, 5) is 10.7. The van der Waals surface area contributed by atoms with Crippen LogP contribution in [-0.2, 0) is 6.42 Å². The molecule has 0 radical (unpaired) electrons. The van der Waals surface area contributed by atoms with E-state index >= 15 is 0 Å². The first-order chi connectivity index (χ1) is 13.1. The number of hydrogen-bond donors (Lipinski definition) is 3. The SMILES string of the molecule is CCNC(=NCCc1c[nH]c2ccc(Cl)cc12)NC1CCN(C(C)C)CC1. The Balaban J connectivity index is 1.56. The smallest absolute Gasteiger partial charge is 0.191 e. The van der Waals surface area contributed by atoms with Gasteiger partial charge in [-0.2, -0.15) is 0 Å². The molecule has 0 unspecified atom stereocenters. The molecule has 1 saturated heterocycles. The maximum absolute atomic E-state index is 6.15. The summed E-state index contributed by atoms with van der Waals surface area (Å²) in [6.07, 6.45) is 5.30. The van der Waals surface area contributed by atoms with E-state index in [1.165, 1.54) is 23.8 Å². The molecule has 0 aliphatic carbocycles. The highest BCUT2D eigenvalue weighted by molar-refractivity contribution is 6.31. The predicted octanol–water partition coefficient (Wildman–Crippen LogP) is 3.79. The van der Waals surface area contributed by atoms with Crippen molar-refractivity contribution >= 4 is 28.5 Å². The molecule has 2 heterocycles. The van der Waals surface area contributed by atoms with Crippen LogP contribution in [0.5, 0.6) is 0 Å². The fourth-order valence-corrected chi connectivity index (χ4v) is 3.89. The van der Waals surface area contributed by atoms with Crippen molar-refractivity contribution in [2.24, 2.45) is 4.99 Å². The minimum absolute atomic E-state index is 0.504. The number of nitrogens with one attached hydrogen (secondary N) is 3. The standard InChI is InChI=1S/C21H32ClN5/c1-4-23-21(26-18-8-11-27(12-9-18)15(2)3)24-10-7-16-14-25-20-6-5-17(22)13-19(16)20/h5-6,13-15,18,25H,4,7-12H2,1-3H3,(H2,23,24,26). The number of guanidine groups is 1. The summed E-state index contributed by atoms with van der Waals surface area (Å²) in [6, 6.07) is 7.11. The van der Waals surface area contributed by atoms with Gasteiger partial charge in [0, 0.05) is 60.4 Å². The summed E-state index contributed by atoms with van der Waals surface area (Å²) in [5.74, 6) is 0.929. The number of H-pyrrole nitrogens is 1. The van der Waals surface area contributed by atoms with Gasteiger partial charge in [-0.25, -0.2) is 0 Å². The molecule has 1 aliphatic heterocycles. The zero-order valence-electron chi connectivity index (χ0n) is 16.7. The van der Waals surface area contributed by atoms with E-state index in [4.69, 9.17) is 16.6 Å². The van der Waals surface area contributed by atoms with Crippen LogP contribution < -0.4 is 10.6 Å². The Morgan fingerprint density at radius 3 is 2.81 bits per heavy atom. The van der Waals surface area contributed by atoms with Crippen LogP contribution in [0.25, 0.3) is 10.9 Å². The average Bonchev–Trinajstić information content (AvgIpc) is 3.04. The van der Waals surface area contributed by atoms with E-state index in [1.807, 2.05) is 18.2 Å². The lowest BCUT2D eigenvalue weighted by atomic mass is 10.0. The van der Waals surface area contributed by atoms with E-state index in [1.54, 1.807) is 0 Å². The Kier molecular flexibility index (Phi) is 7.02. The Morgan fingerprint density at radius 1 is 1.33 bits per heavy atom. The Hall–Kier alpha value is -1.72. The van der Waals surface area contributed by atoms with E-state index in [0.717, 1.165) is 49.1 Å². The third-order valence-electron chi connectivity index (χ3n) is 5.33. The second-order valence-corrected chi connectivity index (χ2v) is 8.00. The number of likely N-dealkylation sites (tertiary alicyclic amines) is 1. The Labute approximate surface area is 167 Å². The third kappa shape index (κ3) is 5.39. The highest BCUT2D eigenvalue weighted by atomic mass is 35.5. The second-order valence-electron chi connectivity index (χ2n) is 7.56. The summed E-state index contributed by atoms with van der Waals surface area (Å²) in [6.45, 7) is 10.6. The van der Waals surface area contributed by atoms with Crippen LogP contribution in [0, 0.1) is 0 Å². The van der Waals surface area contributed by atoms with Crippen molar-refractivity contribution in [3.05, 3.63) is 35.0 Å². The van der Waals surface area contributed by atoms with Gasteiger partial charge in [0.05, 0.1) is 0 Å². The van der Waals surface area contributed by atoms with Crippen molar-refractivity contribution in [1.82, 2.24) is 20.5 Å². The maximum atomic E-state index is 6.15. The molecular weight excluding hydrogens is 358 g/mol. The van der Waals surface area contributed by atoms with Gasteiger partial charge in [0.2, 0.25) is 0 Å². The van der Waals surface area contributed by atoms with Crippen LogP contribution in [0.2, 0.25) is 5.02 Å². The first-order valence-corrected chi connectivity index (χ1v) is 10.5. The molecule has 5 nitrogen and oxygen atoms in total. The van der Waals surface area contributed by atoms with Crippen LogP contribution in [-0.4, -0.2) is 54.1 Å². The zero-order valence-corrected chi connectivity index (χ0v) is 17.4. The molecule has 0 bridgehead atoms. The molecule has 0 saturated carbocycles. The maximum Gasteiger partial charge on any atom is 0.191 e. The van der Waals surface area contributed by atoms with Crippen molar-refractivity contribution in [3.63, 3.8) is 0 Å². The number of aromatic amines is 1. The van der Waals surface area contributed by atoms with Gasteiger partial charge in [0.1, 0.15) is 0 Å². The fraction of sp³-hybridized carbons (Fsp3) is 0.571. The molecular formula is C21H32ClN5. The highest BCUT2D eigenvalue weighted by Gasteiger charge is 2.21. The van der Waals surface area contributed by atoms with Crippen molar-refractivity contribution in [2.75, 3.05) is 26.2 Å². The highest BCUT2D eigenvalue weighted by Crippen LogP contribution is 2.22. The lowest BCUT2D eigenvalue weighted by Gasteiger charge is -2.35. The molecule has 3 rings (SSSR count). The predicted molar refractivity (Wildman–Crippen MR) is 116 cm³/mol. The molecule has 1 aromatic heterocycles. The summed E-state index contributed by atoms with van der Waals surface area (Å²) >= 11 is 6.15. The van der Waals surface area contributed by atoms with Crippen molar-refractivity contribution in [3.8, 4) is 0 Å². The summed E-state index contributed by atoms with van der Waals surface area (Å²) < 4.78 is 0. The molecule has 27 heavy (non-hydrogen) atoms. The summed E-state index contributed by atoms with van der Waals surface area (Å²) in [5.41, 5.74) is 2.39. The van der Waals surface area contributed by atoms with E-state index in [-0.39, 0.29) is 0 Å². The van der Waals surface area contributed by atoms with Crippen LogP contribution in [0.4, 0.5) is 0 Å². The minimum Gasteiger partial charge on any atom is -0.361 e. The van der Waals surface area contributed by atoms with Crippen molar-refractivity contribution in [1.29, 1.82) is 0 Å². The number of nitrogens with zero attached hydrogens (tertiary/aromatic N) is 2. The van der Waals surface area contributed by atoms with Gasteiger partial charge in [-0.3, -0.25) is 4.99 Å². The molecule has 2 aromatic rings. The van der Waals surface area contributed by atoms with Crippen LogP contribution in [0.1, 0.15) is 39.2 Å². The number of benzene rings is 1. The lowest BCUT2D eigenvalue weighted by molar-refractivity contribution is 0.167. The molecule has 1 fully saturated rings. The van der Waals surface area contributed by atoms with E-state index in [2.05, 4.69) is 47.5 Å². The molecule has 148 valence electrons. The van der Waals surface area contributed by atoms with Gasteiger partial charge in [-0.15, -0.1) is 0 Å². The minimum atomic E-state index is 0.504. The topological polar surface area (TPSA) is 55.5 Å². The van der Waals surface area contributed by atoms with Crippen LogP contribution in [0.15, 0.2) is 29.4 Å². The number of hydrogen-bond acceptors (Lipinski definition) is 2. The molecule has 6 heteroatoms. The Morgan fingerprint density at radius 2 is 2.11 bits per heavy atom. The molecule has 0 amide bonds. The Bertz CT molecular complexity index is 759. The van der Waals surface area contributed by atoms with Crippen LogP contribution >= 0.6 is 11.6 Å². The molecule has 0 atom stereocenters. The average molecular weight is 390 g/mol. The molecule has 1 aliphatic rings. The lowest BCUT2D eigenvalue weighted by Crippen LogP contribution is -2.49. The quantitative estimate of drug-likeness (QED) is 0.520. The van der Waals surface area contributed by atoms with Gasteiger partial charge in [-0.05, 0) is 63.8 Å². The third-order valence-corrected chi connectivity index (χ3v) is 5.56. The van der Waals surface area contributed by atoms with Gasteiger partial charge in [-0.1, -0.05) is 11.6 Å². The first-order valence-electron chi connectivity index (χ1n) is 10.1. The van der Waals surface area contributed by atoms with Gasteiger partial charge < -0.3 is 20.5 Å². The van der Waals surface area contributed by atoms with Crippen LogP contribution in [0.3, 0.4) is 0 Å². The fourth-order valence-electron chi connectivity index (χ4n) is 3.72. The number of rotatable bonds is 6. The van der Waals surface area contributed by atoms with E-state index < -0.39 is 0 Å². The first kappa shape index (κ1) is 20.0. The molecule has 3 N–H and O–H groups in total. The normalized spacial score (nSPS) is 17.0. The van der Waals surface area contributed by atoms with Gasteiger partial charge in [0.15, 0.2) is 5.96 Å². The molecule has 1 aromatic carbocycles. The number of halogens is 1.